The lowest BCUT2D eigenvalue weighted by Gasteiger charge is -2.21. The molecule has 152 valence electrons. The summed E-state index contributed by atoms with van der Waals surface area (Å²) >= 11 is 5.13. The normalized spacial score (nSPS) is 13.1. The molecule has 1 heterocycles. The van der Waals surface area contributed by atoms with E-state index < -0.39 is 10.8 Å². The summed E-state index contributed by atoms with van der Waals surface area (Å²) in [6.45, 7) is 1.93. The van der Waals surface area contributed by atoms with Gasteiger partial charge in [0, 0.05) is 31.8 Å². The van der Waals surface area contributed by atoms with Crippen LogP contribution < -0.4 is 21.1 Å². The number of hydrogen-bond donors (Lipinski definition) is 3. The first-order chi connectivity index (χ1) is 13.9. The fourth-order valence-corrected chi connectivity index (χ4v) is 3.19. The van der Waals surface area contributed by atoms with E-state index in [9.17, 15) is 19.3 Å². The van der Waals surface area contributed by atoms with Crippen LogP contribution >= 0.6 is 12.2 Å². The van der Waals surface area contributed by atoms with Crippen molar-refractivity contribution in [3.05, 3.63) is 69.5 Å². The third-order valence-electron chi connectivity index (χ3n) is 4.54. The summed E-state index contributed by atoms with van der Waals surface area (Å²) in [6, 6.07) is 10.2. The second-order valence-corrected chi connectivity index (χ2v) is 6.95. The molecule has 29 heavy (non-hydrogen) atoms. The van der Waals surface area contributed by atoms with Gasteiger partial charge in [0.1, 0.15) is 5.82 Å². The van der Waals surface area contributed by atoms with Crippen LogP contribution in [0.25, 0.3) is 0 Å². The summed E-state index contributed by atoms with van der Waals surface area (Å²) in [5.74, 6) is -0.853. The zero-order chi connectivity index (χ0) is 20.8. The Kier molecular flexibility index (Phi) is 6.55. The molecule has 1 aliphatic rings. The van der Waals surface area contributed by atoms with Crippen LogP contribution in [0.3, 0.4) is 0 Å². The number of halogens is 1. The zero-order valence-corrected chi connectivity index (χ0v) is 16.3. The number of nitro benzene ring substituents is 1. The smallest absolute Gasteiger partial charge is 0.272 e. The standard InChI is InChI=1S/C19H20FN5O3S/c20-14-5-3-13(4-6-14)12-21-19(29)23-22-18(26)16-11-15(25(27)28)7-8-17(16)24-9-1-2-10-24/h3-8,11H,1-2,9-10,12H2,(H,22,26)(H2,21,23,29). The Hall–Kier alpha value is -3.27. The van der Waals surface area contributed by atoms with Crippen molar-refractivity contribution in [3.63, 3.8) is 0 Å². The number of thiocarbonyl (C=S) groups is 1. The molecule has 10 heteroatoms. The minimum atomic E-state index is -0.535. The number of benzene rings is 2. The fraction of sp³-hybridized carbons (Fsp3) is 0.263. The van der Waals surface area contributed by atoms with E-state index in [1.165, 1.54) is 24.3 Å². The fourth-order valence-electron chi connectivity index (χ4n) is 3.06. The number of nitrogens with one attached hydrogen (secondary N) is 3. The van der Waals surface area contributed by atoms with Crippen molar-refractivity contribution >= 4 is 34.6 Å². The van der Waals surface area contributed by atoms with Crippen LogP contribution in [0.2, 0.25) is 0 Å². The van der Waals surface area contributed by atoms with E-state index in [0.29, 0.717) is 12.2 Å². The van der Waals surface area contributed by atoms with Gasteiger partial charge >= 0.3 is 0 Å². The van der Waals surface area contributed by atoms with Crippen LogP contribution in [-0.2, 0) is 6.54 Å². The van der Waals surface area contributed by atoms with E-state index in [4.69, 9.17) is 12.2 Å². The molecule has 0 saturated carbocycles. The van der Waals surface area contributed by atoms with E-state index in [2.05, 4.69) is 16.2 Å². The lowest BCUT2D eigenvalue weighted by molar-refractivity contribution is -0.384. The highest BCUT2D eigenvalue weighted by Gasteiger charge is 2.22. The van der Waals surface area contributed by atoms with Gasteiger partial charge in [-0.15, -0.1) is 0 Å². The number of hydrazine groups is 1. The van der Waals surface area contributed by atoms with Crippen molar-refractivity contribution in [1.82, 2.24) is 16.2 Å². The number of nitrogens with zero attached hydrogens (tertiary/aromatic N) is 2. The summed E-state index contributed by atoms with van der Waals surface area (Å²) in [7, 11) is 0. The van der Waals surface area contributed by atoms with E-state index >= 15 is 0 Å². The van der Waals surface area contributed by atoms with Crippen LogP contribution in [-0.4, -0.2) is 29.0 Å². The first-order valence-electron chi connectivity index (χ1n) is 9.06. The molecule has 0 atom stereocenters. The van der Waals surface area contributed by atoms with Crippen LogP contribution in [0.4, 0.5) is 15.8 Å². The lowest BCUT2D eigenvalue weighted by atomic mass is 10.1. The Morgan fingerprint density at radius 3 is 2.48 bits per heavy atom. The largest absolute Gasteiger partial charge is 0.371 e. The van der Waals surface area contributed by atoms with E-state index in [1.54, 1.807) is 18.2 Å². The second-order valence-electron chi connectivity index (χ2n) is 6.54. The molecule has 0 bridgehead atoms. The first kappa shape index (κ1) is 20.5. The number of anilines is 1. The molecule has 0 unspecified atom stereocenters. The van der Waals surface area contributed by atoms with Crippen molar-refractivity contribution in [2.75, 3.05) is 18.0 Å². The molecule has 0 spiro atoms. The van der Waals surface area contributed by atoms with E-state index in [-0.39, 0.29) is 22.2 Å². The van der Waals surface area contributed by atoms with Gasteiger partial charge in [0.15, 0.2) is 5.11 Å². The average molecular weight is 417 g/mol. The van der Waals surface area contributed by atoms with Crippen molar-refractivity contribution in [1.29, 1.82) is 0 Å². The monoisotopic (exact) mass is 417 g/mol. The van der Waals surface area contributed by atoms with Gasteiger partial charge in [-0.25, -0.2) is 4.39 Å². The molecule has 1 fully saturated rings. The van der Waals surface area contributed by atoms with E-state index in [1.807, 2.05) is 4.90 Å². The molecule has 1 aliphatic heterocycles. The molecule has 2 aromatic rings. The summed E-state index contributed by atoms with van der Waals surface area (Å²) in [5.41, 5.74) is 6.57. The van der Waals surface area contributed by atoms with Gasteiger partial charge in [0.05, 0.1) is 16.2 Å². The molecular weight excluding hydrogens is 397 g/mol. The molecule has 8 nitrogen and oxygen atoms in total. The lowest BCUT2D eigenvalue weighted by Crippen LogP contribution is -2.46. The molecule has 3 N–H and O–H groups in total. The average Bonchev–Trinajstić information content (AvgIpc) is 3.25. The van der Waals surface area contributed by atoms with Crippen LogP contribution in [0.1, 0.15) is 28.8 Å². The SMILES string of the molecule is O=C(NNC(=S)NCc1ccc(F)cc1)c1cc([N+](=O)[O-])ccc1N1CCCC1. The Labute approximate surface area is 172 Å². The molecule has 2 aromatic carbocycles. The maximum atomic E-state index is 12.9. The van der Waals surface area contributed by atoms with Crippen LogP contribution in [0.5, 0.6) is 0 Å². The van der Waals surface area contributed by atoms with Gasteiger partial charge < -0.3 is 10.2 Å². The Morgan fingerprint density at radius 1 is 1.14 bits per heavy atom. The third kappa shape index (κ3) is 5.38. The molecule has 3 rings (SSSR count). The molecule has 1 amide bonds. The minimum Gasteiger partial charge on any atom is -0.371 e. The van der Waals surface area contributed by atoms with Crippen molar-refractivity contribution in [2.24, 2.45) is 0 Å². The highest BCUT2D eigenvalue weighted by molar-refractivity contribution is 7.80. The number of rotatable bonds is 5. The number of amides is 1. The van der Waals surface area contributed by atoms with Gasteiger partial charge in [-0.05, 0) is 48.8 Å². The van der Waals surface area contributed by atoms with E-state index in [0.717, 1.165) is 31.5 Å². The molecule has 0 aromatic heterocycles. The summed E-state index contributed by atoms with van der Waals surface area (Å²) in [4.78, 5) is 25.3. The van der Waals surface area contributed by atoms with Crippen molar-refractivity contribution in [2.45, 2.75) is 19.4 Å². The highest BCUT2D eigenvalue weighted by atomic mass is 32.1. The van der Waals surface area contributed by atoms with Gasteiger partial charge in [-0.3, -0.25) is 25.8 Å². The summed E-state index contributed by atoms with van der Waals surface area (Å²) in [6.07, 6.45) is 2.02. The molecule has 0 radical (unpaired) electrons. The molecule has 1 saturated heterocycles. The van der Waals surface area contributed by atoms with Crippen LogP contribution in [0.15, 0.2) is 42.5 Å². The number of non-ortho nitro benzene ring substituents is 1. The highest BCUT2D eigenvalue weighted by Crippen LogP contribution is 2.28. The Morgan fingerprint density at radius 2 is 1.83 bits per heavy atom. The quantitative estimate of drug-likeness (QED) is 0.391. The Bertz CT molecular complexity index is 917. The van der Waals surface area contributed by atoms with Gasteiger partial charge in [-0.2, -0.15) is 0 Å². The predicted octanol–water partition coefficient (Wildman–Crippen LogP) is 2.64. The maximum Gasteiger partial charge on any atom is 0.272 e. The Balaban J connectivity index is 1.62. The van der Waals surface area contributed by atoms with Gasteiger partial charge in [0.25, 0.3) is 11.6 Å². The number of hydrogen-bond acceptors (Lipinski definition) is 5. The third-order valence-corrected chi connectivity index (χ3v) is 4.78. The number of carbonyl (C=O) groups excluding carboxylic acids is 1. The van der Waals surface area contributed by atoms with Crippen molar-refractivity contribution < 1.29 is 14.1 Å². The minimum absolute atomic E-state index is 0.157. The second kappa shape index (κ2) is 9.28. The topological polar surface area (TPSA) is 99.5 Å². The molecule has 0 aliphatic carbocycles. The van der Waals surface area contributed by atoms with Crippen molar-refractivity contribution in [3.8, 4) is 0 Å². The summed E-state index contributed by atoms with van der Waals surface area (Å²) in [5, 5.41) is 14.2. The van der Waals surface area contributed by atoms with Crippen LogP contribution in [0, 0.1) is 15.9 Å². The maximum absolute atomic E-state index is 12.9. The first-order valence-corrected chi connectivity index (χ1v) is 9.47. The summed E-state index contributed by atoms with van der Waals surface area (Å²) < 4.78 is 12.9. The predicted molar refractivity (Wildman–Crippen MR) is 111 cm³/mol. The zero-order valence-electron chi connectivity index (χ0n) is 15.5. The number of nitro groups is 1. The number of carbonyl (C=O) groups is 1. The van der Waals surface area contributed by atoms with Gasteiger partial charge in [0.2, 0.25) is 0 Å². The van der Waals surface area contributed by atoms with Gasteiger partial charge in [-0.1, -0.05) is 12.1 Å². The molecular formula is C19H20FN5O3S.